The third-order valence-corrected chi connectivity index (χ3v) is 4.57. The number of hydrogen-bond acceptors (Lipinski definition) is 4. The molecule has 0 spiro atoms. The SMILES string of the molecule is COc1nc(C(=O)NCC(C)(C)c2ccc(F)cc2)ccc1-n1cnc(C)c1. The average molecular weight is 382 g/mol. The lowest BCUT2D eigenvalue weighted by Crippen LogP contribution is -2.37. The molecule has 7 heteroatoms. The Morgan fingerprint density at radius 2 is 1.93 bits per heavy atom. The summed E-state index contributed by atoms with van der Waals surface area (Å²) in [7, 11) is 1.51. The van der Waals surface area contributed by atoms with Gasteiger partial charge in [0.1, 0.15) is 17.2 Å². The van der Waals surface area contributed by atoms with Gasteiger partial charge in [0, 0.05) is 18.2 Å². The van der Waals surface area contributed by atoms with Crippen LogP contribution in [0, 0.1) is 12.7 Å². The molecule has 6 nitrogen and oxygen atoms in total. The summed E-state index contributed by atoms with van der Waals surface area (Å²) in [4.78, 5) is 21.1. The van der Waals surface area contributed by atoms with E-state index in [2.05, 4.69) is 15.3 Å². The molecule has 3 rings (SSSR count). The van der Waals surface area contributed by atoms with Crippen molar-refractivity contribution >= 4 is 5.91 Å². The fourth-order valence-corrected chi connectivity index (χ4v) is 2.85. The first-order valence-corrected chi connectivity index (χ1v) is 8.90. The molecule has 2 heterocycles. The molecule has 3 aromatic rings. The van der Waals surface area contributed by atoms with Gasteiger partial charge in [0.15, 0.2) is 0 Å². The van der Waals surface area contributed by atoms with Crippen molar-refractivity contribution in [1.82, 2.24) is 19.9 Å². The Morgan fingerprint density at radius 1 is 1.21 bits per heavy atom. The van der Waals surface area contributed by atoms with Gasteiger partial charge >= 0.3 is 0 Å². The van der Waals surface area contributed by atoms with Gasteiger partial charge < -0.3 is 14.6 Å². The number of amides is 1. The van der Waals surface area contributed by atoms with E-state index in [-0.39, 0.29) is 22.8 Å². The van der Waals surface area contributed by atoms with Gasteiger partial charge in [-0.1, -0.05) is 26.0 Å². The number of carbonyl (C=O) groups is 1. The first-order valence-electron chi connectivity index (χ1n) is 8.90. The van der Waals surface area contributed by atoms with Crippen LogP contribution in [0.4, 0.5) is 4.39 Å². The summed E-state index contributed by atoms with van der Waals surface area (Å²) in [6, 6.07) is 9.71. The van der Waals surface area contributed by atoms with E-state index >= 15 is 0 Å². The molecule has 1 N–H and O–H groups in total. The third kappa shape index (κ3) is 4.19. The first kappa shape index (κ1) is 19.5. The number of imidazole rings is 1. The van der Waals surface area contributed by atoms with E-state index in [0.29, 0.717) is 18.1 Å². The number of hydrogen-bond donors (Lipinski definition) is 1. The summed E-state index contributed by atoms with van der Waals surface area (Å²) < 4.78 is 20.3. The zero-order valence-corrected chi connectivity index (χ0v) is 16.4. The van der Waals surface area contributed by atoms with Crippen molar-refractivity contribution < 1.29 is 13.9 Å². The van der Waals surface area contributed by atoms with Gasteiger partial charge in [-0.3, -0.25) is 4.79 Å². The number of nitrogens with zero attached hydrogens (tertiary/aromatic N) is 3. The molecule has 146 valence electrons. The van der Waals surface area contributed by atoms with E-state index in [4.69, 9.17) is 4.74 Å². The van der Waals surface area contributed by atoms with Crippen molar-refractivity contribution in [3.05, 3.63) is 71.7 Å². The fourth-order valence-electron chi connectivity index (χ4n) is 2.85. The molecule has 0 bridgehead atoms. The van der Waals surface area contributed by atoms with Gasteiger partial charge in [-0.05, 0) is 36.8 Å². The molecule has 0 aliphatic rings. The average Bonchev–Trinajstić information content (AvgIpc) is 3.12. The van der Waals surface area contributed by atoms with Crippen molar-refractivity contribution in [2.75, 3.05) is 13.7 Å². The van der Waals surface area contributed by atoms with Crippen LogP contribution in [0.5, 0.6) is 5.88 Å². The number of ether oxygens (including phenoxy) is 1. The molecule has 0 atom stereocenters. The molecule has 0 radical (unpaired) electrons. The van der Waals surface area contributed by atoms with Gasteiger partial charge in [0.2, 0.25) is 5.88 Å². The lowest BCUT2D eigenvalue weighted by atomic mass is 9.84. The molecule has 0 aliphatic carbocycles. The molecular formula is C21H23FN4O2. The number of methoxy groups -OCH3 is 1. The van der Waals surface area contributed by atoms with E-state index < -0.39 is 0 Å². The van der Waals surface area contributed by atoms with E-state index in [1.807, 2.05) is 27.0 Å². The van der Waals surface area contributed by atoms with Gasteiger partial charge in [-0.25, -0.2) is 14.4 Å². The summed E-state index contributed by atoms with van der Waals surface area (Å²) in [6.07, 6.45) is 3.52. The first-order chi connectivity index (χ1) is 13.3. The van der Waals surface area contributed by atoms with Crippen LogP contribution in [0.1, 0.15) is 35.6 Å². The fraction of sp³-hybridized carbons (Fsp3) is 0.286. The van der Waals surface area contributed by atoms with Gasteiger partial charge in [-0.15, -0.1) is 0 Å². The lowest BCUT2D eigenvalue weighted by Gasteiger charge is -2.25. The Labute approximate surface area is 163 Å². The van der Waals surface area contributed by atoms with Crippen molar-refractivity contribution in [1.29, 1.82) is 0 Å². The number of aryl methyl sites for hydroxylation is 1. The molecule has 28 heavy (non-hydrogen) atoms. The number of halogens is 1. The second kappa shape index (κ2) is 7.80. The summed E-state index contributed by atoms with van der Waals surface area (Å²) in [5, 5.41) is 2.90. The van der Waals surface area contributed by atoms with Crippen LogP contribution >= 0.6 is 0 Å². The predicted molar refractivity (Wildman–Crippen MR) is 104 cm³/mol. The Hall–Kier alpha value is -3.22. The largest absolute Gasteiger partial charge is 0.479 e. The summed E-state index contributed by atoms with van der Waals surface area (Å²) in [5.41, 5.74) is 2.40. The Kier molecular flexibility index (Phi) is 5.44. The smallest absolute Gasteiger partial charge is 0.270 e. The minimum atomic E-state index is -0.359. The number of rotatable bonds is 6. The summed E-state index contributed by atoms with van der Waals surface area (Å²) in [6.45, 7) is 6.24. The van der Waals surface area contributed by atoms with Crippen LogP contribution in [0.15, 0.2) is 48.9 Å². The molecule has 0 fully saturated rings. The van der Waals surface area contributed by atoms with Crippen LogP contribution in [-0.2, 0) is 5.41 Å². The van der Waals surface area contributed by atoms with Crippen LogP contribution in [0.2, 0.25) is 0 Å². The van der Waals surface area contributed by atoms with E-state index in [9.17, 15) is 9.18 Å². The zero-order chi connectivity index (χ0) is 20.3. The maximum atomic E-state index is 13.1. The number of pyridine rings is 1. The highest BCUT2D eigenvalue weighted by Gasteiger charge is 2.22. The lowest BCUT2D eigenvalue weighted by molar-refractivity contribution is 0.0940. The van der Waals surface area contributed by atoms with E-state index in [1.54, 1.807) is 35.2 Å². The molecule has 0 saturated carbocycles. The number of nitrogens with one attached hydrogen (secondary N) is 1. The highest BCUT2D eigenvalue weighted by Crippen LogP contribution is 2.23. The Bertz CT molecular complexity index is 980. The highest BCUT2D eigenvalue weighted by atomic mass is 19.1. The molecule has 1 aromatic carbocycles. The molecule has 0 unspecified atom stereocenters. The summed E-state index contributed by atoms with van der Waals surface area (Å²) in [5.74, 6) is -0.252. The van der Waals surface area contributed by atoms with Crippen molar-refractivity contribution in [2.24, 2.45) is 0 Å². The van der Waals surface area contributed by atoms with Crippen molar-refractivity contribution in [3.63, 3.8) is 0 Å². The van der Waals surface area contributed by atoms with Gasteiger partial charge in [0.05, 0.1) is 19.1 Å². The Morgan fingerprint density at radius 3 is 2.54 bits per heavy atom. The minimum Gasteiger partial charge on any atom is -0.479 e. The standard InChI is InChI=1S/C21H23FN4O2/c1-14-11-26(13-24-14)18-10-9-17(25-20(18)28-4)19(27)23-12-21(2,3)15-5-7-16(22)8-6-15/h5-11,13H,12H2,1-4H3,(H,23,27). The third-order valence-electron chi connectivity index (χ3n) is 4.57. The molecule has 1 amide bonds. The maximum Gasteiger partial charge on any atom is 0.270 e. The zero-order valence-electron chi connectivity index (χ0n) is 16.4. The number of benzene rings is 1. The quantitative estimate of drug-likeness (QED) is 0.709. The second-order valence-electron chi connectivity index (χ2n) is 7.22. The molecule has 0 aliphatic heterocycles. The van der Waals surface area contributed by atoms with E-state index in [0.717, 1.165) is 11.3 Å². The maximum absolute atomic E-state index is 13.1. The van der Waals surface area contributed by atoms with Gasteiger partial charge in [0.25, 0.3) is 5.91 Å². The van der Waals surface area contributed by atoms with Crippen LogP contribution < -0.4 is 10.1 Å². The molecular weight excluding hydrogens is 359 g/mol. The number of carbonyl (C=O) groups excluding carboxylic acids is 1. The summed E-state index contributed by atoms with van der Waals surface area (Å²) >= 11 is 0. The second-order valence-corrected chi connectivity index (χ2v) is 7.22. The normalized spacial score (nSPS) is 11.3. The minimum absolute atomic E-state index is 0.257. The molecule has 0 saturated heterocycles. The monoisotopic (exact) mass is 382 g/mol. The van der Waals surface area contributed by atoms with Crippen LogP contribution in [0.3, 0.4) is 0 Å². The van der Waals surface area contributed by atoms with Gasteiger partial charge in [-0.2, -0.15) is 0 Å². The predicted octanol–water partition coefficient (Wildman–Crippen LogP) is 3.43. The highest BCUT2D eigenvalue weighted by molar-refractivity contribution is 5.92. The Balaban J connectivity index is 1.74. The van der Waals surface area contributed by atoms with Crippen molar-refractivity contribution in [2.45, 2.75) is 26.2 Å². The van der Waals surface area contributed by atoms with Crippen LogP contribution in [-0.4, -0.2) is 34.1 Å². The topological polar surface area (TPSA) is 69.0 Å². The molecule has 2 aromatic heterocycles. The van der Waals surface area contributed by atoms with Crippen molar-refractivity contribution in [3.8, 4) is 11.6 Å². The van der Waals surface area contributed by atoms with Crippen LogP contribution in [0.25, 0.3) is 5.69 Å². The van der Waals surface area contributed by atoms with E-state index in [1.165, 1.54) is 19.2 Å². The number of aromatic nitrogens is 3.